The number of benzene rings is 2. The van der Waals surface area contributed by atoms with Crippen molar-refractivity contribution in [2.45, 2.75) is 0 Å². The first-order valence-corrected chi connectivity index (χ1v) is 5.48. The van der Waals surface area contributed by atoms with E-state index in [0.29, 0.717) is 22.9 Å². The van der Waals surface area contributed by atoms with Crippen molar-refractivity contribution >= 4 is 5.69 Å². The number of hydrogen-bond acceptors (Lipinski definition) is 4. The van der Waals surface area contributed by atoms with E-state index in [9.17, 15) is 0 Å². The van der Waals surface area contributed by atoms with E-state index in [1.807, 2.05) is 18.2 Å². The Morgan fingerprint density at radius 2 is 1.50 bits per heavy atom. The monoisotopic (exact) mass is 245 g/mol. The van der Waals surface area contributed by atoms with Crippen LogP contribution in [0.15, 0.2) is 42.5 Å². The molecule has 0 saturated heterocycles. The van der Waals surface area contributed by atoms with Crippen LogP contribution in [0.5, 0.6) is 23.0 Å². The highest BCUT2D eigenvalue weighted by Gasteiger charge is 2.04. The zero-order valence-corrected chi connectivity index (χ0v) is 10.3. The van der Waals surface area contributed by atoms with Crippen LogP contribution in [0.1, 0.15) is 0 Å². The van der Waals surface area contributed by atoms with Crippen LogP contribution >= 0.6 is 0 Å². The van der Waals surface area contributed by atoms with E-state index >= 15 is 0 Å². The molecule has 0 atom stereocenters. The number of nitrogen functional groups attached to an aromatic ring is 1. The number of rotatable bonds is 4. The van der Waals surface area contributed by atoms with Crippen molar-refractivity contribution in [1.29, 1.82) is 0 Å². The summed E-state index contributed by atoms with van der Waals surface area (Å²) in [7, 11) is 3.21. The van der Waals surface area contributed by atoms with Gasteiger partial charge in [-0.25, -0.2) is 0 Å². The fourth-order valence-electron chi connectivity index (χ4n) is 1.54. The average molecular weight is 245 g/mol. The molecule has 2 N–H and O–H groups in total. The predicted octanol–water partition coefficient (Wildman–Crippen LogP) is 3.08. The second-order valence-electron chi connectivity index (χ2n) is 3.68. The minimum atomic E-state index is 0.525. The Morgan fingerprint density at radius 3 is 2.17 bits per heavy atom. The standard InChI is InChI=1S/C14H15NO3/c1-16-10-4-3-5-12(8-10)18-14-7-6-11(17-2)9-13(14)15/h3-9H,15H2,1-2H3. The summed E-state index contributed by atoms with van der Waals surface area (Å²) in [6.07, 6.45) is 0. The van der Waals surface area contributed by atoms with E-state index in [-0.39, 0.29) is 0 Å². The summed E-state index contributed by atoms with van der Waals surface area (Å²) in [4.78, 5) is 0. The first-order chi connectivity index (χ1) is 8.72. The molecule has 2 aromatic carbocycles. The Balaban J connectivity index is 2.22. The van der Waals surface area contributed by atoms with Gasteiger partial charge in [-0.3, -0.25) is 0 Å². The summed E-state index contributed by atoms with van der Waals surface area (Å²) < 4.78 is 15.9. The molecule has 0 aliphatic heterocycles. The molecule has 2 aromatic rings. The van der Waals surface area contributed by atoms with Crippen molar-refractivity contribution in [3.63, 3.8) is 0 Å². The van der Waals surface area contributed by atoms with Crippen LogP contribution in [0.25, 0.3) is 0 Å². The summed E-state index contributed by atoms with van der Waals surface area (Å²) >= 11 is 0. The third-order valence-corrected chi connectivity index (χ3v) is 2.49. The number of anilines is 1. The first-order valence-electron chi connectivity index (χ1n) is 5.48. The van der Waals surface area contributed by atoms with Crippen LogP contribution in [0.2, 0.25) is 0 Å². The first kappa shape index (κ1) is 12.1. The fourth-order valence-corrected chi connectivity index (χ4v) is 1.54. The SMILES string of the molecule is COc1cccc(Oc2ccc(OC)cc2N)c1. The maximum atomic E-state index is 5.88. The number of ether oxygens (including phenoxy) is 3. The van der Waals surface area contributed by atoms with Gasteiger partial charge in [-0.15, -0.1) is 0 Å². The second-order valence-corrected chi connectivity index (χ2v) is 3.68. The van der Waals surface area contributed by atoms with Crippen molar-refractivity contribution in [3.8, 4) is 23.0 Å². The zero-order valence-electron chi connectivity index (χ0n) is 10.3. The summed E-state index contributed by atoms with van der Waals surface area (Å²) in [5.41, 5.74) is 6.40. The van der Waals surface area contributed by atoms with Gasteiger partial charge in [0, 0.05) is 12.1 Å². The van der Waals surface area contributed by atoms with Gasteiger partial charge in [0.15, 0.2) is 5.75 Å². The van der Waals surface area contributed by atoms with Gasteiger partial charge < -0.3 is 19.9 Å². The largest absolute Gasteiger partial charge is 0.497 e. The Labute approximate surface area is 106 Å². The van der Waals surface area contributed by atoms with Gasteiger partial charge in [-0.1, -0.05) is 6.07 Å². The molecule has 0 heterocycles. The van der Waals surface area contributed by atoms with E-state index in [0.717, 1.165) is 5.75 Å². The molecule has 0 radical (unpaired) electrons. The van der Waals surface area contributed by atoms with Crippen LogP contribution < -0.4 is 19.9 Å². The van der Waals surface area contributed by atoms with Crippen molar-refractivity contribution < 1.29 is 14.2 Å². The van der Waals surface area contributed by atoms with Crippen LogP contribution in [0, 0.1) is 0 Å². The van der Waals surface area contributed by atoms with Crippen molar-refractivity contribution in [3.05, 3.63) is 42.5 Å². The van der Waals surface area contributed by atoms with Crippen molar-refractivity contribution in [2.75, 3.05) is 20.0 Å². The summed E-state index contributed by atoms with van der Waals surface area (Å²) in [5, 5.41) is 0. The molecule has 0 bridgehead atoms. The predicted molar refractivity (Wildman–Crippen MR) is 70.5 cm³/mol. The molecule has 0 aromatic heterocycles. The van der Waals surface area contributed by atoms with Crippen molar-refractivity contribution in [1.82, 2.24) is 0 Å². The van der Waals surface area contributed by atoms with Gasteiger partial charge >= 0.3 is 0 Å². The number of nitrogens with two attached hydrogens (primary N) is 1. The maximum absolute atomic E-state index is 5.88. The molecule has 0 aliphatic carbocycles. The molecule has 0 fully saturated rings. The number of methoxy groups -OCH3 is 2. The van der Waals surface area contributed by atoms with Crippen molar-refractivity contribution in [2.24, 2.45) is 0 Å². The average Bonchev–Trinajstić information content (AvgIpc) is 2.41. The van der Waals surface area contributed by atoms with Gasteiger partial charge in [-0.2, -0.15) is 0 Å². The molecule has 0 spiro atoms. The van der Waals surface area contributed by atoms with Crippen LogP contribution in [0.3, 0.4) is 0 Å². The second kappa shape index (κ2) is 5.31. The van der Waals surface area contributed by atoms with E-state index in [4.69, 9.17) is 19.9 Å². The lowest BCUT2D eigenvalue weighted by Crippen LogP contribution is -1.93. The highest BCUT2D eigenvalue weighted by Crippen LogP contribution is 2.31. The molecule has 18 heavy (non-hydrogen) atoms. The zero-order chi connectivity index (χ0) is 13.0. The summed E-state index contributed by atoms with van der Waals surface area (Å²) in [6, 6.07) is 12.6. The van der Waals surface area contributed by atoms with Crippen LogP contribution in [-0.2, 0) is 0 Å². The summed E-state index contributed by atoms with van der Waals surface area (Å²) in [6.45, 7) is 0. The minimum absolute atomic E-state index is 0.525. The Kier molecular flexibility index (Phi) is 3.57. The molecular weight excluding hydrogens is 230 g/mol. The van der Waals surface area contributed by atoms with Crippen LogP contribution in [-0.4, -0.2) is 14.2 Å². The van der Waals surface area contributed by atoms with E-state index in [1.165, 1.54) is 0 Å². The normalized spacial score (nSPS) is 9.89. The van der Waals surface area contributed by atoms with E-state index in [1.54, 1.807) is 38.5 Å². The van der Waals surface area contributed by atoms with Gasteiger partial charge in [0.05, 0.1) is 19.9 Å². The summed E-state index contributed by atoms with van der Waals surface area (Å²) in [5.74, 6) is 2.69. The maximum Gasteiger partial charge on any atom is 0.150 e. The third-order valence-electron chi connectivity index (χ3n) is 2.49. The molecule has 0 amide bonds. The molecule has 4 heteroatoms. The Bertz CT molecular complexity index is 540. The highest BCUT2D eigenvalue weighted by atomic mass is 16.5. The molecule has 2 rings (SSSR count). The van der Waals surface area contributed by atoms with E-state index in [2.05, 4.69) is 0 Å². The minimum Gasteiger partial charge on any atom is -0.497 e. The van der Waals surface area contributed by atoms with Gasteiger partial charge in [-0.05, 0) is 24.3 Å². The molecular formula is C14H15NO3. The molecule has 94 valence electrons. The molecule has 0 aliphatic rings. The lowest BCUT2D eigenvalue weighted by Gasteiger charge is -2.10. The topological polar surface area (TPSA) is 53.7 Å². The quantitative estimate of drug-likeness (QED) is 0.841. The van der Waals surface area contributed by atoms with Gasteiger partial charge in [0.25, 0.3) is 0 Å². The lowest BCUT2D eigenvalue weighted by atomic mass is 10.2. The Morgan fingerprint density at radius 1 is 0.833 bits per heavy atom. The highest BCUT2D eigenvalue weighted by molar-refractivity contribution is 5.57. The smallest absolute Gasteiger partial charge is 0.150 e. The van der Waals surface area contributed by atoms with Gasteiger partial charge in [0.1, 0.15) is 17.2 Å². The molecule has 4 nitrogen and oxygen atoms in total. The van der Waals surface area contributed by atoms with Crippen LogP contribution in [0.4, 0.5) is 5.69 Å². The Hall–Kier alpha value is -2.36. The molecule has 0 saturated carbocycles. The fraction of sp³-hybridized carbons (Fsp3) is 0.143. The van der Waals surface area contributed by atoms with E-state index < -0.39 is 0 Å². The molecule has 0 unspecified atom stereocenters. The lowest BCUT2D eigenvalue weighted by molar-refractivity contribution is 0.407. The third kappa shape index (κ3) is 2.66. The van der Waals surface area contributed by atoms with Gasteiger partial charge in [0.2, 0.25) is 0 Å². The number of hydrogen-bond donors (Lipinski definition) is 1.